The van der Waals surface area contributed by atoms with Crippen LogP contribution in [0.25, 0.3) is 11.1 Å². The molecule has 0 saturated carbocycles. The van der Waals surface area contributed by atoms with Gasteiger partial charge in [-0.1, -0.05) is 19.1 Å². The Morgan fingerprint density at radius 2 is 2.06 bits per heavy atom. The number of ether oxygens (including phenoxy) is 2. The van der Waals surface area contributed by atoms with Gasteiger partial charge in [-0.25, -0.2) is 14.4 Å². The number of aryl methyl sites for hydroxylation is 1. The Balaban J connectivity index is 1.22. The molecule has 3 heterocycles. The molecule has 5 rings (SSSR count). The summed E-state index contributed by atoms with van der Waals surface area (Å²) in [5, 5.41) is 0. The molecule has 0 amide bonds. The minimum atomic E-state index is -1.12. The van der Waals surface area contributed by atoms with Crippen molar-refractivity contribution in [2.45, 2.75) is 24.7 Å². The summed E-state index contributed by atoms with van der Waals surface area (Å²) in [5.41, 5.74) is 2.56. The van der Waals surface area contributed by atoms with Crippen LogP contribution < -0.4 is 14.4 Å². The van der Waals surface area contributed by atoms with Crippen molar-refractivity contribution in [2.24, 2.45) is 5.92 Å². The van der Waals surface area contributed by atoms with Crippen molar-refractivity contribution in [2.75, 3.05) is 30.5 Å². The van der Waals surface area contributed by atoms with Crippen molar-refractivity contribution in [1.29, 1.82) is 0 Å². The van der Waals surface area contributed by atoms with Crippen molar-refractivity contribution in [3.8, 4) is 22.6 Å². The Morgan fingerprint density at radius 3 is 2.91 bits per heavy atom. The predicted octanol–water partition coefficient (Wildman–Crippen LogP) is 4.21. The van der Waals surface area contributed by atoms with Gasteiger partial charge in [-0.2, -0.15) is 0 Å². The molecule has 0 radical (unpaired) electrons. The smallest absolute Gasteiger partial charge is 0.225 e. The summed E-state index contributed by atoms with van der Waals surface area (Å²) in [6, 6.07) is 12.3. The van der Waals surface area contributed by atoms with Crippen LogP contribution in [0.2, 0.25) is 0 Å². The number of rotatable bonds is 6. The van der Waals surface area contributed by atoms with Crippen LogP contribution in [0, 0.1) is 11.7 Å². The molecule has 3 aromatic rings. The highest BCUT2D eigenvalue weighted by Crippen LogP contribution is 2.34. The van der Waals surface area contributed by atoms with Crippen LogP contribution in [0.4, 0.5) is 10.3 Å². The molecule has 166 valence electrons. The second-order valence-corrected chi connectivity index (χ2v) is 9.39. The Labute approximate surface area is 188 Å². The van der Waals surface area contributed by atoms with Gasteiger partial charge in [0.2, 0.25) is 5.95 Å². The number of benzene rings is 2. The number of hydrogen-bond donors (Lipinski definition) is 0. The Morgan fingerprint density at radius 1 is 1.22 bits per heavy atom. The lowest BCUT2D eigenvalue weighted by molar-refractivity contribution is 0.250. The fraction of sp³-hybridized carbons (Fsp3) is 0.333. The molecule has 2 aromatic carbocycles. The molecule has 1 unspecified atom stereocenters. The lowest BCUT2D eigenvalue weighted by Gasteiger charge is -2.17. The van der Waals surface area contributed by atoms with Gasteiger partial charge in [0.25, 0.3) is 0 Å². The number of halogens is 1. The minimum absolute atomic E-state index is 0.175. The number of fused-ring (bicyclic) bond motifs is 1. The lowest BCUT2D eigenvalue weighted by atomic mass is 10.0. The van der Waals surface area contributed by atoms with Crippen LogP contribution in [-0.2, 0) is 17.2 Å². The van der Waals surface area contributed by atoms with E-state index >= 15 is 0 Å². The Bertz CT molecular complexity index is 1170. The van der Waals surface area contributed by atoms with Crippen LogP contribution in [0.1, 0.15) is 19.0 Å². The van der Waals surface area contributed by atoms with E-state index in [2.05, 4.69) is 21.8 Å². The molecule has 1 aromatic heterocycles. The summed E-state index contributed by atoms with van der Waals surface area (Å²) in [6.45, 7) is 4.18. The molecule has 32 heavy (non-hydrogen) atoms. The minimum Gasteiger partial charge on any atom is -0.490 e. The summed E-state index contributed by atoms with van der Waals surface area (Å²) in [4.78, 5) is 11.8. The van der Waals surface area contributed by atoms with E-state index in [9.17, 15) is 8.60 Å². The van der Waals surface area contributed by atoms with Crippen molar-refractivity contribution in [3.63, 3.8) is 0 Å². The normalized spacial score (nSPS) is 19.6. The van der Waals surface area contributed by atoms with Crippen LogP contribution in [0.3, 0.4) is 0 Å². The van der Waals surface area contributed by atoms with Crippen molar-refractivity contribution in [3.05, 3.63) is 60.2 Å². The first-order chi connectivity index (χ1) is 15.6. The molecule has 1 saturated heterocycles. The summed E-state index contributed by atoms with van der Waals surface area (Å²) < 4.78 is 37.8. The first-order valence-corrected chi connectivity index (χ1v) is 12.1. The first-order valence-electron chi connectivity index (χ1n) is 10.8. The third-order valence-electron chi connectivity index (χ3n) is 5.88. The van der Waals surface area contributed by atoms with E-state index < -0.39 is 16.6 Å². The van der Waals surface area contributed by atoms with Crippen LogP contribution in [0.15, 0.2) is 53.6 Å². The first kappa shape index (κ1) is 20.9. The molecule has 2 aliphatic rings. The molecule has 6 nitrogen and oxygen atoms in total. The van der Waals surface area contributed by atoms with E-state index in [0.29, 0.717) is 17.3 Å². The molecule has 0 N–H and O–H groups in total. The van der Waals surface area contributed by atoms with Crippen LogP contribution in [0.5, 0.6) is 11.5 Å². The molecule has 0 aliphatic carbocycles. The van der Waals surface area contributed by atoms with Crippen LogP contribution in [-0.4, -0.2) is 39.8 Å². The average Bonchev–Trinajstić information content (AvgIpc) is 3.45. The van der Waals surface area contributed by atoms with Crippen molar-refractivity contribution in [1.82, 2.24) is 9.97 Å². The van der Waals surface area contributed by atoms with Gasteiger partial charge in [-0.15, -0.1) is 0 Å². The zero-order valence-electron chi connectivity index (χ0n) is 17.8. The number of hydrogen-bond acceptors (Lipinski definition) is 6. The molecule has 2 aliphatic heterocycles. The van der Waals surface area contributed by atoms with Crippen molar-refractivity contribution >= 4 is 16.7 Å². The molecule has 2 atom stereocenters. The second kappa shape index (κ2) is 8.86. The van der Waals surface area contributed by atoms with E-state index in [1.165, 1.54) is 6.07 Å². The zero-order valence-corrected chi connectivity index (χ0v) is 18.6. The summed E-state index contributed by atoms with van der Waals surface area (Å²) in [6.07, 6.45) is 3.63. The molecule has 8 heteroatoms. The summed E-state index contributed by atoms with van der Waals surface area (Å²) >= 11 is 0. The average molecular weight is 454 g/mol. The summed E-state index contributed by atoms with van der Waals surface area (Å²) in [5.74, 6) is 1.66. The predicted molar refractivity (Wildman–Crippen MR) is 121 cm³/mol. The largest absolute Gasteiger partial charge is 0.490 e. The van der Waals surface area contributed by atoms with Gasteiger partial charge in [0.1, 0.15) is 5.75 Å². The maximum absolute atomic E-state index is 14.7. The molecule has 1 fully saturated rings. The highest BCUT2D eigenvalue weighted by molar-refractivity contribution is 7.85. The van der Waals surface area contributed by atoms with Gasteiger partial charge in [-0.3, -0.25) is 4.21 Å². The number of aromatic nitrogens is 2. The SMILES string of the molecule is CCc1ccnc(N2CC[C@H](COc3ccc(-c4ccc5c(c4)OCS5=O)cc3F)C2)n1. The van der Waals surface area contributed by atoms with E-state index in [4.69, 9.17) is 9.47 Å². The molecular weight excluding hydrogens is 429 g/mol. The standard InChI is InChI=1S/C24H24FN3O3S/c1-2-19-7-9-26-24(27-19)28-10-8-16(13-28)14-30-21-5-3-17(11-20(21)25)18-4-6-23-22(12-18)31-15-32(23)29/h3-7,9,11-12,16H,2,8,10,13-15H2,1H3/t16-,32?/m0/s1. The van der Waals surface area contributed by atoms with Gasteiger partial charge in [0, 0.05) is 30.9 Å². The molecular formula is C24H24FN3O3S. The van der Waals surface area contributed by atoms with E-state index in [1.807, 2.05) is 18.2 Å². The monoisotopic (exact) mass is 453 g/mol. The highest BCUT2D eigenvalue weighted by Gasteiger charge is 2.25. The number of nitrogens with zero attached hydrogens (tertiary/aromatic N) is 3. The lowest BCUT2D eigenvalue weighted by Crippen LogP contribution is -2.24. The van der Waals surface area contributed by atoms with E-state index in [-0.39, 0.29) is 17.6 Å². The number of anilines is 1. The Hall–Kier alpha value is -3.00. The molecule has 0 bridgehead atoms. The second-order valence-electron chi connectivity index (χ2n) is 8.03. The quantitative estimate of drug-likeness (QED) is 0.557. The highest BCUT2D eigenvalue weighted by atomic mass is 32.2. The summed E-state index contributed by atoms with van der Waals surface area (Å²) in [7, 11) is -1.12. The van der Waals surface area contributed by atoms with Gasteiger partial charge in [-0.05, 0) is 54.3 Å². The van der Waals surface area contributed by atoms with Gasteiger partial charge < -0.3 is 14.4 Å². The fourth-order valence-electron chi connectivity index (χ4n) is 4.06. The topological polar surface area (TPSA) is 64.6 Å². The Kier molecular flexibility index (Phi) is 5.78. The van der Waals surface area contributed by atoms with Gasteiger partial charge in [0.05, 0.1) is 22.3 Å². The third kappa shape index (κ3) is 4.19. The maximum Gasteiger partial charge on any atom is 0.225 e. The van der Waals surface area contributed by atoms with Gasteiger partial charge >= 0.3 is 0 Å². The maximum atomic E-state index is 14.7. The van der Waals surface area contributed by atoms with Gasteiger partial charge in [0.15, 0.2) is 17.5 Å². The fourth-order valence-corrected chi connectivity index (χ4v) is 4.98. The zero-order chi connectivity index (χ0) is 22.1. The van der Waals surface area contributed by atoms with Crippen molar-refractivity contribution < 1.29 is 18.1 Å². The van der Waals surface area contributed by atoms with E-state index in [1.54, 1.807) is 24.4 Å². The van der Waals surface area contributed by atoms with E-state index in [0.717, 1.165) is 48.7 Å². The molecule has 0 spiro atoms. The third-order valence-corrected chi connectivity index (χ3v) is 7.04. The van der Waals surface area contributed by atoms with Crippen LogP contribution >= 0.6 is 0 Å².